The molecule has 0 aromatic carbocycles. The van der Waals surface area contributed by atoms with E-state index in [0.29, 0.717) is 0 Å². The van der Waals surface area contributed by atoms with E-state index in [-0.39, 0.29) is 11.8 Å². The highest BCUT2D eigenvalue weighted by Crippen LogP contribution is 2.29. The van der Waals surface area contributed by atoms with Crippen molar-refractivity contribution in [2.75, 3.05) is 0 Å². The zero-order valence-corrected chi connectivity index (χ0v) is 8.09. The third-order valence-corrected chi connectivity index (χ3v) is 2.51. The summed E-state index contributed by atoms with van der Waals surface area (Å²) >= 11 is 1.71. The highest BCUT2D eigenvalue weighted by atomic mass is 127. The summed E-state index contributed by atoms with van der Waals surface area (Å²) in [6.45, 7) is 0. The second-order valence-corrected chi connectivity index (χ2v) is 3.34. The van der Waals surface area contributed by atoms with Gasteiger partial charge in [0.1, 0.15) is 0 Å². The summed E-state index contributed by atoms with van der Waals surface area (Å²) < 4.78 is 0.251. The Kier molecular flexibility index (Phi) is 2.46. The van der Waals surface area contributed by atoms with Gasteiger partial charge in [-0.3, -0.25) is 9.36 Å². The lowest BCUT2D eigenvalue weighted by Crippen LogP contribution is -2.21. The normalized spacial score (nSPS) is 12.8. The van der Waals surface area contributed by atoms with Gasteiger partial charge in [-0.15, -0.1) is 0 Å². The smallest absolute Gasteiger partial charge is 0.250 e. The largest absolute Gasteiger partial charge is 0.494 e. The van der Waals surface area contributed by atoms with E-state index in [1.165, 1.54) is 12.1 Å². The molecule has 0 aliphatic rings. The number of nitrogens with two attached hydrogens (primary N) is 1. The van der Waals surface area contributed by atoms with E-state index in [1.807, 2.05) is 0 Å². The molecule has 1 unspecified atom stereocenters. The minimum Gasteiger partial charge on any atom is -0.494 e. The molecule has 1 rings (SSSR count). The van der Waals surface area contributed by atoms with E-state index in [2.05, 4.69) is 0 Å². The first kappa shape index (κ1) is 9.17. The van der Waals surface area contributed by atoms with Crippen molar-refractivity contribution < 1.29 is 15.0 Å². The van der Waals surface area contributed by atoms with Crippen LogP contribution in [0.2, 0.25) is 0 Å². The Morgan fingerprint density at radius 3 is 2.25 bits per heavy atom. The predicted octanol–water partition coefficient (Wildman–Crippen LogP) is 0.318. The van der Waals surface area contributed by atoms with Crippen molar-refractivity contribution in [3.63, 3.8) is 0 Å². The number of alkyl halides is 1. The average Bonchev–Trinajstić information content (AvgIpc) is 2.30. The molecule has 12 heavy (non-hydrogen) atoms. The van der Waals surface area contributed by atoms with Gasteiger partial charge in [0.05, 0.1) is 0 Å². The maximum absolute atomic E-state index is 10.7. The summed E-state index contributed by atoms with van der Waals surface area (Å²) in [6, 6.07) is 2.56. The van der Waals surface area contributed by atoms with Crippen molar-refractivity contribution in [2.24, 2.45) is 5.73 Å². The third kappa shape index (κ3) is 1.47. The van der Waals surface area contributed by atoms with Crippen LogP contribution in [-0.4, -0.2) is 20.7 Å². The topological polar surface area (TPSA) is 88.5 Å². The molecule has 1 aromatic rings. The molecule has 0 saturated carbocycles. The Bertz CT molecular complexity index is 290. The molecule has 0 radical (unpaired) electrons. The van der Waals surface area contributed by atoms with Crippen molar-refractivity contribution in [1.82, 2.24) is 4.57 Å². The van der Waals surface area contributed by atoms with Crippen LogP contribution in [0, 0.1) is 0 Å². The van der Waals surface area contributed by atoms with Gasteiger partial charge in [0.2, 0.25) is 0 Å². The summed E-state index contributed by atoms with van der Waals surface area (Å²) in [5.74, 6) is -1.01. The summed E-state index contributed by atoms with van der Waals surface area (Å²) in [6.07, 6.45) is 0. The van der Waals surface area contributed by atoms with Gasteiger partial charge in [0, 0.05) is 12.1 Å². The van der Waals surface area contributed by atoms with Crippen LogP contribution in [0.15, 0.2) is 12.1 Å². The number of hydrogen-bond donors (Lipinski definition) is 3. The van der Waals surface area contributed by atoms with Crippen LogP contribution in [0.5, 0.6) is 11.8 Å². The second-order valence-electron chi connectivity index (χ2n) is 2.16. The lowest BCUT2D eigenvalue weighted by atomic mass is 10.6. The first-order valence-corrected chi connectivity index (χ1v) is 4.31. The summed E-state index contributed by atoms with van der Waals surface area (Å²) in [4.78, 5) is 10.7. The number of carbonyl (C=O) groups excluding carboxylic acids is 1. The van der Waals surface area contributed by atoms with Crippen molar-refractivity contribution in [1.29, 1.82) is 0 Å². The van der Waals surface area contributed by atoms with Gasteiger partial charge in [0.15, 0.2) is 15.8 Å². The average molecular weight is 282 g/mol. The van der Waals surface area contributed by atoms with E-state index in [1.54, 1.807) is 22.6 Å². The third-order valence-electron chi connectivity index (χ3n) is 1.34. The molecule has 0 fully saturated rings. The number of hydrogen-bond acceptors (Lipinski definition) is 3. The Morgan fingerprint density at radius 2 is 1.92 bits per heavy atom. The molecule has 0 bridgehead atoms. The first-order chi connectivity index (χ1) is 5.54. The number of aromatic hydroxyl groups is 2. The van der Waals surface area contributed by atoms with Crippen molar-refractivity contribution in [2.45, 2.75) is 4.05 Å². The molecule has 0 saturated heterocycles. The van der Waals surface area contributed by atoms with E-state index >= 15 is 0 Å². The molecule has 0 aliphatic heterocycles. The van der Waals surface area contributed by atoms with Gasteiger partial charge in [0.25, 0.3) is 5.91 Å². The van der Waals surface area contributed by atoms with E-state index in [4.69, 9.17) is 15.9 Å². The molecule has 1 heterocycles. The minimum atomic E-state index is -0.780. The van der Waals surface area contributed by atoms with Gasteiger partial charge in [-0.1, -0.05) is 0 Å². The van der Waals surface area contributed by atoms with Gasteiger partial charge in [-0.25, -0.2) is 0 Å². The molecule has 0 aliphatic carbocycles. The standard InChI is InChI=1S/C6H7IN2O3/c7-5(6(8)12)9-3(10)1-2-4(9)11/h1-2,5,10-11H,(H2,8,12). The van der Waals surface area contributed by atoms with Crippen LogP contribution in [-0.2, 0) is 4.79 Å². The predicted molar refractivity (Wildman–Crippen MR) is 50.0 cm³/mol. The number of halogens is 1. The van der Waals surface area contributed by atoms with E-state index in [9.17, 15) is 4.79 Å². The van der Waals surface area contributed by atoms with E-state index < -0.39 is 9.96 Å². The second kappa shape index (κ2) is 3.21. The Balaban J connectivity index is 3.08. The van der Waals surface area contributed by atoms with Crippen molar-refractivity contribution >= 4 is 28.5 Å². The summed E-state index contributed by atoms with van der Waals surface area (Å²) in [5.41, 5.74) is 4.98. The number of aromatic nitrogens is 1. The highest BCUT2D eigenvalue weighted by molar-refractivity contribution is 14.1. The van der Waals surface area contributed by atoms with Crippen LogP contribution in [0.4, 0.5) is 0 Å². The maximum Gasteiger partial charge on any atom is 0.250 e. The fraction of sp³-hybridized carbons (Fsp3) is 0.167. The number of primary amides is 1. The number of nitrogens with zero attached hydrogens (tertiary/aromatic N) is 1. The minimum absolute atomic E-state index is 0.189. The Morgan fingerprint density at radius 1 is 1.50 bits per heavy atom. The molecule has 4 N–H and O–H groups in total. The Labute approximate surface area is 81.9 Å². The van der Waals surface area contributed by atoms with Crippen LogP contribution in [0.3, 0.4) is 0 Å². The molecular weight excluding hydrogens is 275 g/mol. The summed E-state index contributed by atoms with van der Waals surface area (Å²) in [5, 5.41) is 18.3. The van der Waals surface area contributed by atoms with Crippen LogP contribution >= 0.6 is 22.6 Å². The molecular formula is C6H7IN2O3. The SMILES string of the molecule is NC(=O)C(I)n1c(O)ccc1O. The lowest BCUT2D eigenvalue weighted by Gasteiger charge is -2.09. The zero-order chi connectivity index (χ0) is 9.30. The van der Waals surface area contributed by atoms with Crippen LogP contribution < -0.4 is 5.73 Å². The van der Waals surface area contributed by atoms with Crippen LogP contribution in [0.25, 0.3) is 0 Å². The first-order valence-electron chi connectivity index (χ1n) is 3.06. The molecule has 0 spiro atoms. The number of rotatable bonds is 2. The molecule has 6 heteroatoms. The maximum atomic E-state index is 10.7. The molecule has 5 nitrogen and oxygen atoms in total. The van der Waals surface area contributed by atoms with Crippen molar-refractivity contribution in [3.8, 4) is 11.8 Å². The summed E-state index contributed by atoms with van der Waals surface area (Å²) in [7, 11) is 0. The van der Waals surface area contributed by atoms with E-state index in [0.717, 1.165) is 4.57 Å². The zero-order valence-electron chi connectivity index (χ0n) is 5.94. The fourth-order valence-corrected chi connectivity index (χ4v) is 1.36. The number of amides is 1. The number of carbonyl (C=O) groups is 1. The Hall–Kier alpha value is -0.920. The van der Waals surface area contributed by atoms with Gasteiger partial charge in [-0.2, -0.15) is 0 Å². The van der Waals surface area contributed by atoms with Crippen molar-refractivity contribution in [3.05, 3.63) is 12.1 Å². The molecule has 66 valence electrons. The van der Waals surface area contributed by atoms with Gasteiger partial charge >= 0.3 is 0 Å². The quantitative estimate of drug-likeness (QED) is 0.539. The van der Waals surface area contributed by atoms with Crippen LogP contribution in [0.1, 0.15) is 4.05 Å². The van der Waals surface area contributed by atoms with Gasteiger partial charge in [-0.05, 0) is 22.6 Å². The molecule has 1 amide bonds. The fourth-order valence-electron chi connectivity index (χ4n) is 0.787. The highest BCUT2D eigenvalue weighted by Gasteiger charge is 2.18. The lowest BCUT2D eigenvalue weighted by molar-refractivity contribution is -0.118. The molecule has 1 atom stereocenters. The van der Waals surface area contributed by atoms with Gasteiger partial charge < -0.3 is 15.9 Å². The monoisotopic (exact) mass is 282 g/mol. The molecule has 1 aromatic heterocycles.